The second-order valence-corrected chi connectivity index (χ2v) is 21.1. The monoisotopic (exact) mass is 672 g/mol. The molecule has 2 aliphatic carbocycles. The second-order valence-electron chi connectivity index (χ2n) is 16.3. The predicted octanol–water partition coefficient (Wildman–Crippen LogP) is 8.32. The molecule has 9 nitrogen and oxygen atoms in total. The van der Waals surface area contributed by atoms with Crippen molar-refractivity contribution in [3.8, 4) is 0 Å². The summed E-state index contributed by atoms with van der Waals surface area (Å²) in [6, 6.07) is 4.95. The van der Waals surface area contributed by atoms with Gasteiger partial charge in [-0.3, -0.25) is 14.2 Å². The van der Waals surface area contributed by atoms with Crippen molar-refractivity contribution in [1.82, 2.24) is 24.4 Å². The van der Waals surface area contributed by atoms with Gasteiger partial charge in [-0.25, -0.2) is 9.97 Å². The Morgan fingerprint density at radius 3 is 2.25 bits per heavy atom. The number of anilines is 2. The van der Waals surface area contributed by atoms with Crippen LogP contribution in [0.2, 0.25) is 18.1 Å². The standard InChI is InChI=1S/C38H56N6O3Si/c1-25-32-23-40-37(42-35(32)44(31-10-8-9-11-31)36(46)34(25)26(2)45)41-33-17-14-29(22-39-33)28-18-20-43(21-19-28)30-15-12-27(13-16-30)24-47-48(6,7)38(3,4)5/h14,17,22-23,27-28,30-31H,8-13,15-16,18-21,24H2,1-7H3,(H,39,40,41,42). The largest absolute Gasteiger partial charge is 0.417 e. The third-order valence-corrected chi connectivity index (χ3v) is 16.6. The van der Waals surface area contributed by atoms with Gasteiger partial charge in [-0.05, 0) is 125 Å². The van der Waals surface area contributed by atoms with Gasteiger partial charge < -0.3 is 14.6 Å². The topological polar surface area (TPSA) is 102 Å². The molecule has 0 radical (unpaired) electrons. The Morgan fingerprint density at radius 2 is 1.65 bits per heavy atom. The van der Waals surface area contributed by atoms with E-state index in [4.69, 9.17) is 14.4 Å². The van der Waals surface area contributed by atoms with Gasteiger partial charge in [-0.1, -0.05) is 39.7 Å². The fourth-order valence-electron chi connectivity index (χ4n) is 7.96. The number of ketones is 1. The first-order valence-corrected chi connectivity index (χ1v) is 21.3. The molecular formula is C38H56N6O3Si. The molecule has 3 aromatic heterocycles. The van der Waals surface area contributed by atoms with Gasteiger partial charge in [0.05, 0.1) is 5.56 Å². The summed E-state index contributed by atoms with van der Waals surface area (Å²) in [5.74, 6) is 2.10. The fourth-order valence-corrected chi connectivity index (χ4v) is 9.05. The molecule has 0 spiro atoms. The molecule has 1 saturated heterocycles. The van der Waals surface area contributed by atoms with Crippen LogP contribution in [0.5, 0.6) is 0 Å². The van der Waals surface area contributed by atoms with Crippen LogP contribution in [0, 0.1) is 12.8 Å². The van der Waals surface area contributed by atoms with Crippen molar-refractivity contribution in [1.29, 1.82) is 0 Å². The number of likely N-dealkylation sites (tertiary alicyclic amines) is 1. The molecule has 6 rings (SSSR count). The highest BCUT2D eigenvalue weighted by atomic mass is 28.4. The molecule has 0 aromatic carbocycles. The molecule has 0 bridgehead atoms. The normalized spacial score (nSPS) is 22.0. The van der Waals surface area contributed by atoms with Gasteiger partial charge in [-0.2, -0.15) is 4.98 Å². The third kappa shape index (κ3) is 7.31. The Bertz CT molecular complexity index is 1660. The maximum absolute atomic E-state index is 13.5. The van der Waals surface area contributed by atoms with Crippen LogP contribution >= 0.6 is 0 Å². The lowest BCUT2D eigenvalue weighted by Crippen LogP contribution is -2.44. The van der Waals surface area contributed by atoms with Crippen molar-refractivity contribution in [2.75, 3.05) is 25.0 Å². The average Bonchev–Trinajstić information content (AvgIpc) is 3.58. The SMILES string of the molecule is CC(=O)c1c(C)c2cnc(Nc3ccc(C4CCN(C5CCC(CO[Si](C)(C)C(C)(C)C)CC5)CC4)cn3)nc2n(C2CCCC2)c1=O. The number of rotatable bonds is 9. The summed E-state index contributed by atoms with van der Waals surface area (Å²) in [6.07, 6.45) is 15.2. The first-order chi connectivity index (χ1) is 22.8. The van der Waals surface area contributed by atoms with Crippen LogP contribution in [-0.4, -0.2) is 64.3 Å². The first-order valence-electron chi connectivity index (χ1n) is 18.4. The highest BCUT2D eigenvalue weighted by Crippen LogP contribution is 2.39. The summed E-state index contributed by atoms with van der Waals surface area (Å²) in [6.45, 7) is 18.2. The number of hydrogen-bond acceptors (Lipinski definition) is 8. The van der Waals surface area contributed by atoms with Crippen LogP contribution in [0.3, 0.4) is 0 Å². The maximum Gasteiger partial charge on any atom is 0.263 e. The summed E-state index contributed by atoms with van der Waals surface area (Å²) in [4.78, 5) is 42.8. The minimum atomic E-state index is -1.67. The van der Waals surface area contributed by atoms with E-state index in [9.17, 15) is 9.59 Å². The summed E-state index contributed by atoms with van der Waals surface area (Å²) in [5, 5.41) is 4.29. The van der Waals surface area contributed by atoms with E-state index in [0.717, 1.165) is 63.6 Å². The number of nitrogens with one attached hydrogen (secondary N) is 1. The van der Waals surface area contributed by atoms with Crippen molar-refractivity contribution in [3.05, 3.63) is 51.6 Å². The average molecular weight is 673 g/mol. The molecule has 1 aliphatic heterocycles. The van der Waals surface area contributed by atoms with E-state index in [-0.39, 0.29) is 28.0 Å². The van der Waals surface area contributed by atoms with E-state index in [1.165, 1.54) is 38.2 Å². The Morgan fingerprint density at radius 1 is 0.958 bits per heavy atom. The van der Waals surface area contributed by atoms with Crippen molar-refractivity contribution < 1.29 is 9.22 Å². The van der Waals surface area contributed by atoms with Crippen molar-refractivity contribution in [2.45, 2.75) is 135 Å². The lowest BCUT2D eigenvalue weighted by atomic mass is 9.83. The number of carbonyl (C=O) groups excluding carboxylic acids is 1. The van der Waals surface area contributed by atoms with Crippen LogP contribution < -0.4 is 10.9 Å². The number of aryl methyl sites for hydroxylation is 1. The van der Waals surface area contributed by atoms with E-state index in [1.807, 2.05) is 19.2 Å². The molecule has 3 aromatic rings. The summed E-state index contributed by atoms with van der Waals surface area (Å²) >= 11 is 0. The van der Waals surface area contributed by atoms with Crippen LogP contribution in [0.25, 0.3) is 11.0 Å². The first kappa shape index (κ1) is 34.9. The number of hydrogen-bond donors (Lipinski definition) is 1. The highest BCUT2D eigenvalue weighted by Gasteiger charge is 2.38. The molecule has 4 heterocycles. The van der Waals surface area contributed by atoms with Gasteiger partial charge in [0, 0.05) is 36.5 Å². The van der Waals surface area contributed by atoms with E-state index in [1.54, 1.807) is 10.8 Å². The number of nitrogens with zero attached hydrogens (tertiary/aromatic N) is 5. The quantitative estimate of drug-likeness (QED) is 0.179. The zero-order chi connectivity index (χ0) is 34.2. The maximum atomic E-state index is 13.5. The molecule has 0 amide bonds. The Balaban J connectivity index is 1.05. The number of carbonyl (C=O) groups is 1. The fraction of sp³-hybridized carbons (Fsp3) is 0.658. The van der Waals surface area contributed by atoms with E-state index in [2.05, 4.69) is 55.1 Å². The van der Waals surface area contributed by atoms with Gasteiger partial charge in [0.15, 0.2) is 14.1 Å². The van der Waals surface area contributed by atoms with Crippen LogP contribution in [-0.2, 0) is 4.43 Å². The molecule has 1 N–H and O–H groups in total. The zero-order valence-corrected chi connectivity index (χ0v) is 31.3. The molecule has 3 aliphatic rings. The Hall–Kier alpha value is -2.95. The molecule has 2 saturated carbocycles. The number of piperidine rings is 1. The van der Waals surface area contributed by atoms with Gasteiger partial charge in [0.1, 0.15) is 11.5 Å². The smallest absolute Gasteiger partial charge is 0.263 e. The Kier molecular flexibility index (Phi) is 10.3. The van der Waals surface area contributed by atoms with E-state index >= 15 is 0 Å². The minimum absolute atomic E-state index is 0.0484. The molecule has 48 heavy (non-hydrogen) atoms. The summed E-state index contributed by atoms with van der Waals surface area (Å²) < 4.78 is 8.31. The van der Waals surface area contributed by atoms with E-state index < -0.39 is 8.32 Å². The lowest BCUT2D eigenvalue weighted by Gasteiger charge is -2.42. The van der Waals surface area contributed by atoms with Crippen LogP contribution in [0.1, 0.15) is 125 Å². The number of fused-ring (bicyclic) bond motifs is 1. The van der Waals surface area contributed by atoms with Crippen LogP contribution in [0.4, 0.5) is 11.8 Å². The van der Waals surface area contributed by atoms with Crippen molar-refractivity contribution in [2.24, 2.45) is 5.92 Å². The van der Waals surface area contributed by atoms with Gasteiger partial charge in [-0.15, -0.1) is 0 Å². The molecule has 3 fully saturated rings. The molecule has 260 valence electrons. The van der Waals surface area contributed by atoms with Crippen LogP contribution in [0.15, 0.2) is 29.3 Å². The highest BCUT2D eigenvalue weighted by molar-refractivity contribution is 6.74. The number of Topliss-reactive ketones (excluding diaryl/α,β-unsaturated/α-hetero) is 1. The summed E-state index contributed by atoms with van der Waals surface area (Å²) in [5.41, 5.74) is 2.53. The molecule has 0 atom stereocenters. The molecule has 10 heteroatoms. The minimum Gasteiger partial charge on any atom is -0.417 e. The van der Waals surface area contributed by atoms with Gasteiger partial charge in [0.2, 0.25) is 5.95 Å². The molecular weight excluding hydrogens is 617 g/mol. The van der Waals surface area contributed by atoms with Gasteiger partial charge in [0.25, 0.3) is 5.56 Å². The number of aromatic nitrogens is 4. The second kappa shape index (κ2) is 14.1. The van der Waals surface area contributed by atoms with Crippen molar-refractivity contribution in [3.63, 3.8) is 0 Å². The third-order valence-electron chi connectivity index (χ3n) is 12.1. The number of pyridine rings is 2. The predicted molar refractivity (Wildman–Crippen MR) is 196 cm³/mol. The molecule has 0 unspecified atom stereocenters. The van der Waals surface area contributed by atoms with Crippen molar-refractivity contribution >= 4 is 36.9 Å². The lowest BCUT2D eigenvalue weighted by molar-refractivity contribution is 0.0922. The summed E-state index contributed by atoms with van der Waals surface area (Å²) in [7, 11) is -1.67. The Labute approximate surface area is 287 Å². The van der Waals surface area contributed by atoms with E-state index in [0.29, 0.717) is 40.9 Å². The van der Waals surface area contributed by atoms with Gasteiger partial charge >= 0.3 is 0 Å². The zero-order valence-electron chi connectivity index (χ0n) is 30.3.